The number of aromatic nitrogens is 3. The summed E-state index contributed by atoms with van der Waals surface area (Å²) in [5, 5.41) is 7.32. The molecule has 1 saturated carbocycles. The van der Waals surface area contributed by atoms with Crippen LogP contribution in [0.15, 0.2) is 30.5 Å². The molecule has 168 valence electrons. The summed E-state index contributed by atoms with van der Waals surface area (Å²) in [6.07, 6.45) is 8.51. The van der Waals surface area contributed by atoms with E-state index in [9.17, 15) is 13.6 Å². The maximum absolute atomic E-state index is 14.5. The maximum atomic E-state index is 14.5. The molecule has 0 radical (unpaired) electrons. The number of nitrogens with one attached hydrogen (secondary N) is 1. The summed E-state index contributed by atoms with van der Waals surface area (Å²) in [4.78, 5) is 19.7. The van der Waals surface area contributed by atoms with Gasteiger partial charge < -0.3 is 16.0 Å². The molecule has 0 spiro atoms. The van der Waals surface area contributed by atoms with E-state index in [1.807, 2.05) is 4.90 Å². The summed E-state index contributed by atoms with van der Waals surface area (Å²) < 4.78 is 29.8. The topological polar surface area (TPSA) is 88.5 Å². The highest BCUT2D eigenvalue weighted by atomic mass is 19.1. The van der Waals surface area contributed by atoms with Crippen LogP contribution in [-0.4, -0.2) is 33.1 Å². The lowest BCUT2D eigenvalue weighted by Crippen LogP contribution is -2.36. The lowest BCUT2D eigenvalue weighted by atomic mass is 9.95. The number of nitrogens with zero attached hydrogens (tertiary/aromatic N) is 4. The van der Waals surface area contributed by atoms with Crippen LogP contribution in [0.4, 0.5) is 20.4 Å². The number of rotatable bonds is 4. The third kappa shape index (κ3) is 3.76. The van der Waals surface area contributed by atoms with Crippen molar-refractivity contribution < 1.29 is 13.6 Å². The number of hydrogen-bond acceptors (Lipinski definition) is 5. The minimum Gasteiger partial charge on any atom is -0.381 e. The molecule has 5 rings (SSSR count). The Balaban J connectivity index is 1.48. The van der Waals surface area contributed by atoms with Gasteiger partial charge in [-0.2, -0.15) is 0 Å². The normalized spacial score (nSPS) is 19.6. The predicted octanol–water partition coefficient (Wildman–Crippen LogP) is 3.99. The molecule has 1 aliphatic carbocycles. The van der Waals surface area contributed by atoms with Gasteiger partial charge in [-0.15, -0.1) is 5.10 Å². The zero-order valence-corrected chi connectivity index (χ0v) is 17.7. The van der Waals surface area contributed by atoms with Crippen LogP contribution < -0.4 is 16.0 Å². The van der Waals surface area contributed by atoms with Crippen LogP contribution in [0.2, 0.25) is 0 Å². The van der Waals surface area contributed by atoms with Crippen LogP contribution in [-0.2, 0) is 0 Å². The van der Waals surface area contributed by atoms with Gasteiger partial charge in [0.25, 0.3) is 5.91 Å². The van der Waals surface area contributed by atoms with Crippen molar-refractivity contribution in [3.8, 4) is 0 Å². The Morgan fingerprint density at radius 2 is 1.91 bits per heavy atom. The predicted molar refractivity (Wildman–Crippen MR) is 117 cm³/mol. The lowest BCUT2D eigenvalue weighted by molar-refractivity contribution is 0.0930. The lowest BCUT2D eigenvalue weighted by Gasteiger charge is -2.26. The van der Waals surface area contributed by atoms with Crippen molar-refractivity contribution in [2.45, 2.75) is 57.0 Å². The van der Waals surface area contributed by atoms with Gasteiger partial charge >= 0.3 is 0 Å². The highest BCUT2D eigenvalue weighted by Gasteiger charge is 2.31. The molecule has 1 atom stereocenters. The van der Waals surface area contributed by atoms with Gasteiger partial charge in [-0.3, -0.25) is 4.79 Å². The summed E-state index contributed by atoms with van der Waals surface area (Å²) in [5.41, 5.74) is 7.01. The molecule has 1 amide bonds. The molecule has 2 aliphatic rings. The number of fused-ring (bicyclic) bond motifs is 1. The van der Waals surface area contributed by atoms with Gasteiger partial charge in [0.05, 0.1) is 6.04 Å². The van der Waals surface area contributed by atoms with Crippen molar-refractivity contribution in [3.05, 3.63) is 53.2 Å². The van der Waals surface area contributed by atoms with Gasteiger partial charge in [0.1, 0.15) is 23.0 Å². The van der Waals surface area contributed by atoms with E-state index in [4.69, 9.17) is 5.73 Å². The average Bonchev–Trinajstić information content (AvgIpc) is 3.39. The Labute approximate surface area is 184 Å². The summed E-state index contributed by atoms with van der Waals surface area (Å²) in [7, 11) is 0. The molecule has 2 aromatic heterocycles. The first kappa shape index (κ1) is 20.7. The Bertz CT molecular complexity index is 1160. The van der Waals surface area contributed by atoms with Gasteiger partial charge in [-0.05, 0) is 49.9 Å². The van der Waals surface area contributed by atoms with Crippen LogP contribution in [0.3, 0.4) is 0 Å². The van der Waals surface area contributed by atoms with Crippen molar-refractivity contribution in [2.75, 3.05) is 17.2 Å². The van der Waals surface area contributed by atoms with Crippen LogP contribution in [0.25, 0.3) is 5.65 Å². The minimum atomic E-state index is -0.470. The molecule has 3 aromatic rings. The first-order valence-corrected chi connectivity index (χ1v) is 11.2. The van der Waals surface area contributed by atoms with Crippen LogP contribution in [0.5, 0.6) is 0 Å². The third-order valence-corrected chi connectivity index (χ3v) is 6.53. The number of anilines is 2. The number of carbonyl (C=O) groups is 1. The van der Waals surface area contributed by atoms with E-state index in [0.717, 1.165) is 44.2 Å². The van der Waals surface area contributed by atoms with E-state index in [1.165, 1.54) is 17.0 Å². The highest BCUT2D eigenvalue weighted by Crippen LogP contribution is 2.37. The highest BCUT2D eigenvalue weighted by molar-refractivity contribution is 6.04. The average molecular weight is 440 g/mol. The van der Waals surface area contributed by atoms with Crippen LogP contribution in [0, 0.1) is 11.6 Å². The van der Waals surface area contributed by atoms with E-state index >= 15 is 0 Å². The SMILES string of the molecule is Nc1nn2ccc(N3CCC[C@@H]3c3cc(F)ccc3F)nc2c1C(=O)NC1CCCCC1. The minimum absolute atomic E-state index is 0.122. The molecular formula is C23H26F2N6O. The fourth-order valence-electron chi connectivity index (χ4n) is 4.95. The molecule has 0 unspecified atom stereocenters. The van der Waals surface area contributed by atoms with Gasteiger partial charge in [0.15, 0.2) is 11.5 Å². The second-order valence-electron chi connectivity index (χ2n) is 8.64. The van der Waals surface area contributed by atoms with Crippen LogP contribution in [0.1, 0.15) is 66.9 Å². The number of halogens is 2. The molecule has 3 N–H and O–H groups in total. The number of benzene rings is 1. The molecule has 9 heteroatoms. The Morgan fingerprint density at radius 3 is 2.72 bits per heavy atom. The van der Waals surface area contributed by atoms with E-state index in [2.05, 4.69) is 15.4 Å². The first-order valence-electron chi connectivity index (χ1n) is 11.2. The van der Waals surface area contributed by atoms with Crippen molar-refractivity contribution in [1.29, 1.82) is 0 Å². The summed E-state index contributed by atoms with van der Waals surface area (Å²) in [6, 6.07) is 5.08. The van der Waals surface area contributed by atoms with Crippen molar-refractivity contribution in [2.24, 2.45) is 0 Å². The zero-order chi connectivity index (χ0) is 22.2. The molecule has 1 aromatic carbocycles. The molecule has 32 heavy (non-hydrogen) atoms. The second kappa shape index (κ2) is 8.37. The zero-order valence-electron chi connectivity index (χ0n) is 17.7. The number of nitrogens with two attached hydrogens (primary N) is 1. The molecule has 1 aliphatic heterocycles. The Morgan fingerprint density at radius 1 is 1.09 bits per heavy atom. The van der Waals surface area contributed by atoms with Gasteiger partial charge in [0, 0.05) is 24.3 Å². The molecule has 2 fully saturated rings. The van der Waals surface area contributed by atoms with Crippen LogP contribution >= 0.6 is 0 Å². The number of hydrogen-bond donors (Lipinski definition) is 2. The van der Waals surface area contributed by atoms with Gasteiger partial charge in [-0.1, -0.05) is 19.3 Å². The maximum Gasteiger partial charge on any atom is 0.259 e. The summed E-state index contributed by atoms with van der Waals surface area (Å²) in [5.74, 6) is -0.483. The monoisotopic (exact) mass is 440 g/mol. The standard InChI is InChI=1S/C23H26F2N6O/c24-14-8-9-17(25)16(13-14)18-7-4-11-30(18)19-10-12-31-22(28-19)20(21(26)29-31)23(32)27-15-5-2-1-3-6-15/h8-10,12-13,15,18H,1-7,11H2,(H2,26,29)(H,27,32)/t18-/m1/s1. The first-order chi connectivity index (χ1) is 15.5. The largest absolute Gasteiger partial charge is 0.381 e. The number of carbonyl (C=O) groups excluding carboxylic acids is 1. The molecule has 1 saturated heterocycles. The van der Waals surface area contributed by atoms with Gasteiger partial charge in [-0.25, -0.2) is 18.3 Å². The fourth-order valence-corrected chi connectivity index (χ4v) is 4.95. The van der Waals surface area contributed by atoms with Crippen molar-refractivity contribution >= 4 is 23.2 Å². The second-order valence-corrected chi connectivity index (χ2v) is 8.64. The summed E-state index contributed by atoms with van der Waals surface area (Å²) >= 11 is 0. The quantitative estimate of drug-likeness (QED) is 0.640. The molecule has 0 bridgehead atoms. The summed E-state index contributed by atoms with van der Waals surface area (Å²) in [6.45, 7) is 0.650. The van der Waals surface area contributed by atoms with Crippen molar-refractivity contribution in [3.63, 3.8) is 0 Å². The van der Waals surface area contributed by atoms with E-state index in [0.29, 0.717) is 30.0 Å². The Kier molecular flexibility index (Phi) is 5.40. The number of amides is 1. The van der Waals surface area contributed by atoms with Crippen molar-refractivity contribution in [1.82, 2.24) is 19.9 Å². The molecule has 7 nitrogen and oxygen atoms in total. The van der Waals surface area contributed by atoms with E-state index in [1.54, 1.807) is 12.3 Å². The fraction of sp³-hybridized carbons (Fsp3) is 0.435. The van der Waals surface area contributed by atoms with E-state index < -0.39 is 11.6 Å². The molecule has 3 heterocycles. The smallest absolute Gasteiger partial charge is 0.259 e. The van der Waals surface area contributed by atoms with Gasteiger partial charge in [0.2, 0.25) is 0 Å². The number of nitrogen functional groups attached to an aromatic ring is 1. The van der Waals surface area contributed by atoms with E-state index in [-0.39, 0.29) is 29.4 Å². The Hall–Kier alpha value is -3.23. The third-order valence-electron chi connectivity index (χ3n) is 6.53. The molecular weight excluding hydrogens is 414 g/mol.